The van der Waals surface area contributed by atoms with E-state index in [1.807, 2.05) is 0 Å². The molecule has 56 heavy (non-hydrogen) atoms. The van der Waals surface area contributed by atoms with Crippen LogP contribution in [0.3, 0.4) is 0 Å². The minimum absolute atomic E-state index is 0.0191. The molecule has 2 aliphatic heterocycles. The smallest absolute Gasteiger partial charge is 0.417 e. The third kappa shape index (κ3) is 5.54. The van der Waals surface area contributed by atoms with Crippen LogP contribution in [0.4, 0.5) is 30.4 Å². The molecule has 3 fully saturated rings. The fourth-order valence-electron chi connectivity index (χ4n) is 9.02. The number of nitrogens with one attached hydrogen (secondary N) is 1. The van der Waals surface area contributed by atoms with Crippen LogP contribution < -0.4 is 10.3 Å². The molecule has 0 bridgehead atoms. The van der Waals surface area contributed by atoms with Gasteiger partial charge in [0.15, 0.2) is 5.82 Å². The van der Waals surface area contributed by atoms with Gasteiger partial charge in [-0.2, -0.15) is 18.2 Å². The van der Waals surface area contributed by atoms with Crippen molar-refractivity contribution in [2.45, 2.75) is 37.3 Å². The largest absolute Gasteiger partial charge is 0.508 e. The van der Waals surface area contributed by atoms with E-state index >= 15 is 4.79 Å². The Kier molecular flexibility index (Phi) is 8.73. The number of nitrogens with zero attached hydrogens (tertiary/aromatic N) is 4. The van der Waals surface area contributed by atoms with E-state index in [0.717, 1.165) is 11.0 Å². The quantitative estimate of drug-likeness (QED) is 0.0869. The van der Waals surface area contributed by atoms with Crippen LogP contribution in [0.5, 0.6) is 5.75 Å². The van der Waals surface area contributed by atoms with Crippen molar-refractivity contribution < 1.29 is 42.4 Å². The SMILES string of the molecule is Cc1cc(C2C3=CCC4C(=O)N(c5cccc([N+](=O)[O-])c5)C(=O)C4C3CC3C(=O)N(Nc4ncc(C(F)(F)F)cc4Cl)C(=O)C32c2ccc(Cl)cc2)ccc1O. The zero-order valence-corrected chi connectivity index (χ0v) is 30.5. The van der Waals surface area contributed by atoms with Crippen LogP contribution in [0.2, 0.25) is 10.0 Å². The molecule has 2 saturated heterocycles. The molecule has 8 rings (SSSR count). The van der Waals surface area contributed by atoms with Crippen molar-refractivity contribution in [3.05, 3.63) is 133 Å². The Bertz CT molecular complexity index is 2430. The number of nitro benzene ring substituents is 1. The van der Waals surface area contributed by atoms with Gasteiger partial charge in [-0.1, -0.05) is 65.2 Å². The van der Waals surface area contributed by atoms with Crippen molar-refractivity contribution in [3.63, 3.8) is 0 Å². The number of carbonyl (C=O) groups is 4. The lowest BCUT2D eigenvalue weighted by molar-refractivity contribution is -0.384. The highest BCUT2D eigenvalue weighted by Crippen LogP contribution is 2.64. The number of aromatic nitrogens is 1. The van der Waals surface area contributed by atoms with Crippen molar-refractivity contribution in [1.29, 1.82) is 0 Å². The summed E-state index contributed by atoms with van der Waals surface area (Å²) in [6, 6.07) is 16.8. The first-order chi connectivity index (χ1) is 26.5. The number of aryl methyl sites for hydroxylation is 1. The predicted octanol–water partition coefficient (Wildman–Crippen LogP) is 7.52. The molecule has 4 amide bonds. The molecule has 4 aliphatic rings. The molecule has 1 aromatic heterocycles. The summed E-state index contributed by atoms with van der Waals surface area (Å²) in [6.45, 7) is 1.65. The van der Waals surface area contributed by atoms with E-state index < -0.39 is 86.1 Å². The van der Waals surface area contributed by atoms with E-state index in [1.54, 1.807) is 49.4 Å². The molecule has 12 nitrogen and oxygen atoms in total. The third-order valence-electron chi connectivity index (χ3n) is 11.4. The summed E-state index contributed by atoms with van der Waals surface area (Å²) in [5.41, 5.74) is 1.25. The molecule has 6 atom stereocenters. The molecule has 3 aromatic carbocycles. The number of halogens is 5. The molecule has 0 spiro atoms. The molecule has 4 aromatic rings. The Morgan fingerprint density at radius 3 is 2.36 bits per heavy atom. The molecular formula is C39H28Cl2F3N5O7. The lowest BCUT2D eigenvalue weighted by Crippen LogP contribution is -2.53. The number of fused-ring (bicyclic) bond motifs is 4. The van der Waals surface area contributed by atoms with Crippen LogP contribution >= 0.6 is 23.2 Å². The van der Waals surface area contributed by atoms with E-state index in [9.17, 15) is 42.8 Å². The Balaban J connectivity index is 1.30. The van der Waals surface area contributed by atoms with Crippen LogP contribution in [0.1, 0.15) is 41.0 Å². The second-order valence-electron chi connectivity index (χ2n) is 14.3. The fourth-order valence-corrected chi connectivity index (χ4v) is 9.35. The van der Waals surface area contributed by atoms with E-state index in [0.29, 0.717) is 44.6 Å². The maximum atomic E-state index is 15.3. The number of rotatable bonds is 6. The number of hydrogen-bond donors (Lipinski definition) is 2. The molecule has 2 N–H and O–H groups in total. The van der Waals surface area contributed by atoms with Gasteiger partial charge in [0.05, 0.1) is 44.4 Å². The molecular weight excluding hydrogens is 778 g/mol. The number of carbonyl (C=O) groups excluding carboxylic acids is 4. The van der Waals surface area contributed by atoms with Gasteiger partial charge in [0.2, 0.25) is 11.8 Å². The van der Waals surface area contributed by atoms with E-state index in [-0.39, 0.29) is 30.0 Å². The summed E-state index contributed by atoms with van der Waals surface area (Å²) >= 11 is 12.5. The van der Waals surface area contributed by atoms with Gasteiger partial charge in [-0.3, -0.25) is 34.7 Å². The first kappa shape index (κ1) is 37.1. The van der Waals surface area contributed by atoms with Gasteiger partial charge in [0.1, 0.15) is 5.75 Å². The predicted molar refractivity (Wildman–Crippen MR) is 195 cm³/mol. The number of amides is 4. The van der Waals surface area contributed by atoms with Crippen molar-refractivity contribution in [1.82, 2.24) is 9.99 Å². The average molecular weight is 807 g/mol. The fraction of sp³-hybridized carbons (Fsp3) is 0.256. The number of phenols is 1. The second-order valence-corrected chi connectivity index (χ2v) is 15.1. The van der Waals surface area contributed by atoms with E-state index in [2.05, 4.69) is 10.4 Å². The van der Waals surface area contributed by atoms with Gasteiger partial charge in [0.25, 0.3) is 17.5 Å². The Morgan fingerprint density at radius 2 is 1.70 bits per heavy atom. The lowest BCUT2D eigenvalue weighted by atomic mass is 9.49. The number of hydrazine groups is 1. The van der Waals surface area contributed by atoms with Gasteiger partial charge in [-0.15, -0.1) is 0 Å². The highest BCUT2D eigenvalue weighted by Gasteiger charge is 2.70. The number of hydrogen-bond acceptors (Lipinski definition) is 9. The van der Waals surface area contributed by atoms with Crippen LogP contribution in [0.25, 0.3) is 0 Å². The number of phenolic OH excluding ortho intramolecular Hbond substituents is 1. The summed E-state index contributed by atoms with van der Waals surface area (Å²) in [4.78, 5) is 74.3. The molecule has 6 unspecified atom stereocenters. The number of allylic oxidation sites excluding steroid dienone is 2. The average Bonchev–Trinajstić information content (AvgIpc) is 3.54. The molecule has 1 saturated carbocycles. The number of benzene rings is 3. The minimum Gasteiger partial charge on any atom is -0.508 e. The maximum Gasteiger partial charge on any atom is 0.417 e. The standard InChI is InChI=1S/C39H28Cl2F3N5O7/c1-18-13-19(5-12-30(18)50)32-25-10-11-26-31(36(53)47(34(26)51)23-3-2-4-24(15-23)49(55)56)27(25)16-28-35(52)48(37(54)38(28,32)20-6-8-22(40)9-7-20)46-33-29(41)14-21(17-45-33)39(42,43)44/h2-10,12-15,17,26-28,31-32,50H,11,16H2,1H3,(H,45,46). The summed E-state index contributed by atoms with van der Waals surface area (Å²) in [5.74, 6) is -8.18. The zero-order valence-electron chi connectivity index (χ0n) is 29.0. The molecule has 17 heteroatoms. The number of pyridine rings is 1. The van der Waals surface area contributed by atoms with Gasteiger partial charge in [0, 0.05) is 29.3 Å². The van der Waals surface area contributed by atoms with E-state index in [1.165, 1.54) is 24.3 Å². The number of nitro groups is 1. The zero-order chi connectivity index (χ0) is 40.0. The van der Waals surface area contributed by atoms with Gasteiger partial charge < -0.3 is 5.11 Å². The first-order valence-corrected chi connectivity index (χ1v) is 18.0. The molecule has 3 heterocycles. The summed E-state index contributed by atoms with van der Waals surface area (Å²) in [5, 5.41) is 22.7. The number of imide groups is 2. The van der Waals surface area contributed by atoms with Crippen molar-refractivity contribution in [2.75, 3.05) is 10.3 Å². The van der Waals surface area contributed by atoms with Gasteiger partial charge in [-0.25, -0.2) is 9.88 Å². The van der Waals surface area contributed by atoms with Gasteiger partial charge in [-0.05, 0) is 72.7 Å². The first-order valence-electron chi connectivity index (χ1n) is 17.3. The van der Waals surface area contributed by atoms with Crippen LogP contribution in [-0.2, 0) is 30.8 Å². The summed E-state index contributed by atoms with van der Waals surface area (Å²) in [6.07, 6.45) is -2.52. The molecule has 2 aliphatic carbocycles. The van der Waals surface area contributed by atoms with Crippen LogP contribution in [0.15, 0.2) is 90.6 Å². The number of alkyl halides is 3. The monoisotopic (exact) mass is 805 g/mol. The van der Waals surface area contributed by atoms with Gasteiger partial charge >= 0.3 is 6.18 Å². The summed E-state index contributed by atoms with van der Waals surface area (Å²) < 4.78 is 40.4. The Labute approximate surface area is 325 Å². The number of non-ortho nitro benzene ring substituents is 1. The van der Waals surface area contributed by atoms with Crippen molar-refractivity contribution >= 4 is 64.0 Å². The third-order valence-corrected chi connectivity index (χ3v) is 12.0. The Hall–Kier alpha value is -5.80. The van der Waals surface area contributed by atoms with Crippen molar-refractivity contribution in [2.24, 2.45) is 23.7 Å². The Morgan fingerprint density at radius 1 is 0.964 bits per heavy atom. The normalized spacial score (nSPS) is 25.8. The topological polar surface area (TPSA) is 163 Å². The van der Waals surface area contributed by atoms with Crippen LogP contribution in [0, 0.1) is 40.7 Å². The number of anilines is 2. The molecule has 286 valence electrons. The van der Waals surface area contributed by atoms with Crippen LogP contribution in [-0.4, -0.2) is 43.7 Å². The van der Waals surface area contributed by atoms with Crippen molar-refractivity contribution in [3.8, 4) is 5.75 Å². The maximum absolute atomic E-state index is 15.3. The number of aromatic hydroxyl groups is 1. The highest BCUT2D eigenvalue weighted by atomic mass is 35.5. The highest BCUT2D eigenvalue weighted by molar-refractivity contribution is 6.33. The van der Waals surface area contributed by atoms with E-state index in [4.69, 9.17) is 23.2 Å². The second kappa shape index (κ2) is 13.2. The molecule has 0 radical (unpaired) electrons. The minimum atomic E-state index is -4.77. The lowest BCUT2D eigenvalue weighted by Gasteiger charge is -2.50. The summed E-state index contributed by atoms with van der Waals surface area (Å²) in [7, 11) is 0.